The fraction of sp³-hybridized carbons (Fsp3) is 0.579. The van der Waals surface area contributed by atoms with Gasteiger partial charge in [-0.15, -0.1) is 0 Å². The summed E-state index contributed by atoms with van der Waals surface area (Å²) in [6.07, 6.45) is 1.03. The van der Waals surface area contributed by atoms with Gasteiger partial charge in [0, 0.05) is 53.0 Å². The standard InChI is InChI=1S/C19H23F2IN2O/c1-18(2,3)17-23-14-10-13(16(22)25)4-5-15(14)24(17)11-12-6-8-19(20,21)9-7-12/h4-5,10,12H,6-9,11H2,1-3H3. The Morgan fingerprint density at radius 1 is 1.32 bits per heavy atom. The maximum atomic E-state index is 13.4. The molecule has 1 saturated carbocycles. The second-order valence-corrected chi connectivity index (χ2v) is 9.05. The molecule has 0 amide bonds. The van der Waals surface area contributed by atoms with Gasteiger partial charge in [-0.1, -0.05) is 20.8 Å². The molecule has 25 heavy (non-hydrogen) atoms. The summed E-state index contributed by atoms with van der Waals surface area (Å²) < 4.78 is 29.1. The van der Waals surface area contributed by atoms with Crippen LogP contribution in [0.3, 0.4) is 0 Å². The third kappa shape index (κ3) is 4.04. The maximum absolute atomic E-state index is 13.4. The first-order valence-electron chi connectivity index (χ1n) is 8.65. The number of halogens is 3. The first-order valence-corrected chi connectivity index (χ1v) is 9.73. The minimum atomic E-state index is -2.50. The SMILES string of the molecule is CC(C)(C)c1nc2cc(C(=O)I)ccc2n1CC1CCC(F)(F)CC1. The van der Waals surface area contributed by atoms with Crippen LogP contribution in [0.25, 0.3) is 11.0 Å². The summed E-state index contributed by atoms with van der Waals surface area (Å²) in [7, 11) is 0. The van der Waals surface area contributed by atoms with Crippen molar-refractivity contribution in [1.82, 2.24) is 9.55 Å². The van der Waals surface area contributed by atoms with E-state index in [4.69, 9.17) is 4.98 Å². The van der Waals surface area contributed by atoms with Crippen LogP contribution in [-0.2, 0) is 12.0 Å². The Balaban J connectivity index is 1.98. The molecule has 3 rings (SSSR count). The number of nitrogens with zero attached hydrogens (tertiary/aromatic N) is 2. The van der Waals surface area contributed by atoms with Crippen molar-refractivity contribution in [3.63, 3.8) is 0 Å². The van der Waals surface area contributed by atoms with Crippen molar-refractivity contribution in [2.75, 3.05) is 0 Å². The molecule has 2 aromatic rings. The van der Waals surface area contributed by atoms with Crippen molar-refractivity contribution in [2.45, 2.75) is 64.3 Å². The molecule has 0 spiro atoms. The molecule has 0 aliphatic heterocycles. The quantitative estimate of drug-likeness (QED) is 0.433. The van der Waals surface area contributed by atoms with Gasteiger partial charge in [0.25, 0.3) is 0 Å². The average molecular weight is 460 g/mol. The summed E-state index contributed by atoms with van der Waals surface area (Å²) in [4.78, 5) is 16.4. The molecule has 1 fully saturated rings. The first-order chi connectivity index (χ1) is 11.6. The molecule has 1 aliphatic carbocycles. The summed E-state index contributed by atoms with van der Waals surface area (Å²) in [5, 5.41) is 0. The zero-order chi connectivity index (χ0) is 18.4. The van der Waals surface area contributed by atoms with Gasteiger partial charge in [0.15, 0.2) is 0 Å². The molecule has 3 nitrogen and oxygen atoms in total. The number of carbonyl (C=O) groups is 1. The third-order valence-electron chi connectivity index (χ3n) is 4.92. The zero-order valence-corrected chi connectivity index (χ0v) is 16.9. The Kier molecular flexibility index (Phi) is 4.94. The smallest absolute Gasteiger partial charge is 0.248 e. The second-order valence-electron chi connectivity index (χ2n) is 8.07. The lowest BCUT2D eigenvalue weighted by Gasteiger charge is -2.30. The maximum Gasteiger partial charge on any atom is 0.248 e. The van der Waals surface area contributed by atoms with Crippen LogP contribution >= 0.6 is 22.6 Å². The molecule has 0 N–H and O–H groups in total. The van der Waals surface area contributed by atoms with E-state index in [2.05, 4.69) is 25.3 Å². The van der Waals surface area contributed by atoms with Crippen LogP contribution in [0.1, 0.15) is 62.6 Å². The molecular formula is C19H23F2IN2O. The number of alkyl halides is 2. The van der Waals surface area contributed by atoms with E-state index < -0.39 is 5.92 Å². The van der Waals surface area contributed by atoms with E-state index in [9.17, 15) is 13.6 Å². The molecule has 0 bridgehead atoms. The van der Waals surface area contributed by atoms with Gasteiger partial charge in [-0.25, -0.2) is 13.8 Å². The van der Waals surface area contributed by atoms with E-state index in [1.807, 2.05) is 18.2 Å². The predicted molar refractivity (Wildman–Crippen MR) is 104 cm³/mol. The van der Waals surface area contributed by atoms with Crippen molar-refractivity contribution in [3.05, 3.63) is 29.6 Å². The van der Waals surface area contributed by atoms with Gasteiger partial charge in [-0.3, -0.25) is 4.79 Å². The van der Waals surface area contributed by atoms with E-state index in [1.165, 1.54) is 0 Å². The van der Waals surface area contributed by atoms with Crippen LogP contribution in [-0.4, -0.2) is 19.3 Å². The Bertz CT molecular complexity index is 798. The molecule has 0 saturated heterocycles. The minimum Gasteiger partial charge on any atom is -0.327 e. The van der Waals surface area contributed by atoms with E-state index >= 15 is 0 Å². The topological polar surface area (TPSA) is 34.9 Å². The molecule has 1 aromatic carbocycles. The van der Waals surface area contributed by atoms with Gasteiger partial charge in [0.2, 0.25) is 9.71 Å². The van der Waals surface area contributed by atoms with E-state index in [0.29, 0.717) is 24.9 Å². The lowest BCUT2D eigenvalue weighted by atomic mass is 9.86. The first kappa shape index (κ1) is 18.7. The lowest BCUT2D eigenvalue weighted by Crippen LogP contribution is -2.28. The normalized spacial score (nSPS) is 18.6. The number of hydrogen-bond acceptors (Lipinski definition) is 2. The van der Waals surface area contributed by atoms with Gasteiger partial charge in [0.05, 0.1) is 11.0 Å². The van der Waals surface area contributed by atoms with Crippen LogP contribution in [0, 0.1) is 5.92 Å². The fourth-order valence-electron chi connectivity index (χ4n) is 3.55. The van der Waals surface area contributed by atoms with Crippen molar-refractivity contribution in [2.24, 2.45) is 5.92 Å². The molecule has 1 aromatic heterocycles. The Hall–Kier alpha value is -1.05. The number of imidazole rings is 1. The van der Waals surface area contributed by atoms with E-state index in [1.54, 1.807) is 22.6 Å². The number of carbonyl (C=O) groups excluding carboxylic acids is 1. The second kappa shape index (κ2) is 6.59. The fourth-order valence-corrected chi connectivity index (χ4v) is 3.89. The van der Waals surface area contributed by atoms with Crippen LogP contribution in [0.4, 0.5) is 8.78 Å². The highest BCUT2D eigenvalue weighted by molar-refractivity contribution is 14.1. The summed E-state index contributed by atoms with van der Waals surface area (Å²) in [5.41, 5.74) is 2.25. The van der Waals surface area contributed by atoms with Crippen LogP contribution in [0.5, 0.6) is 0 Å². The van der Waals surface area contributed by atoms with Crippen LogP contribution < -0.4 is 0 Å². The minimum absolute atomic E-state index is 0.0131. The number of benzene rings is 1. The highest BCUT2D eigenvalue weighted by atomic mass is 127. The highest BCUT2D eigenvalue weighted by Crippen LogP contribution is 2.38. The molecule has 0 atom stereocenters. The van der Waals surface area contributed by atoms with Crippen molar-refractivity contribution in [3.8, 4) is 0 Å². The summed E-state index contributed by atoms with van der Waals surface area (Å²) in [6.45, 7) is 7.01. The molecule has 0 radical (unpaired) electrons. The van der Waals surface area contributed by atoms with E-state index in [0.717, 1.165) is 16.9 Å². The molecule has 0 unspecified atom stereocenters. The highest BCUT2D eigenvalue weighted by Gasteiger charge is 2.35. The van der Waals surface area contributed by atoms with Crippen LogP contribution in [0.15, 0.2) is 18.2 Å². The van der Waals surface area contributed by atoms with Crippen molar-refractivity contribution >= 4 is 37.4 Å². The zero-order valence-electron chi connectivity index (χ0n) is 14.8. The summed E-state index contributed by atoms with van der Waals surface area (Å²) in [6, 6.07) is 5.57. The van der Waals surface area contributed by atoms with Gasteiger partial charge in [0.1, 0.15) is 5.82 Å². The Labute approximate surface area is 160 Å². The van der Waals surface area contributed by atoms with Gasteiger partial charge in [-0.05, 0) is 37.0 Å². The number of rotatable bonds is 3. The monoisotopic (exact) mass is 460 g/mol. The third-order valence-corrected chi connectivity index (χ3v) is 5.55. The largest absolute Gasteiger partial charge is 0.327 e. The Morgan fingerprint density at radius 3 is 2.52 bits per heavy atom. The van der Waals surface area contributed by atoms with Crippen molar-refractivity contribution in [1.29, 1.82) is 0 Å². The Morgan fingerprint density at radius 2 is 1.96 bits per heavy atom. The van der Waals surface area contributed by atoms with Crippen LogP contribution in [0.2, 0.25) is 0 Å². The summed E-state index contributed by atoms with van der Waals surface area (Å²) >= 11 is 1.78. The van der Waals surface area contributed by atoms with Gasteiger partial charge < -0.3 is 4.57 Å². The van der Waals surface area contributed by atoms with Crippen molar-refractivity contribution < 1.29 is 13.6 Å². The number of fused-ring (bicyclic) bond motifs is 1. The van der Waals surface area contributed by atoms with E-state index in [-0.39, 0.29) is 28.0 Å². The predicted octanol–water partition coefficient (Wildman–Crippen LogP) is 5.73. The van der Waals surface area contributed by atoms with Gasteiger partial charge >= 0.3 is 0 Å². The number of aromatic nitrogens is 2. The van der Waals surface area contributed by atoms with Gasteiger partial charge in [-0.2, -0.15) is 0 Å². The molecular weight excluding hydrogens is 437 g/mol. The molecule has 1 aliphatic rings. The molecule has 6 heteroatoms. The molecule has 136 valence electrons. The average Bonchev–Trinajstić information content (AvgIpc) is 2.87. The number of hydrogen-bond donors (Lipinski definition) is 0. The lowest BCUT2D eigenvalue weighted by molar-refractivity contribution is -0.0473. The molecule has 1 heterocycles. The summed E-state index contributed by atoms with van der Waals surface area (Å²) in [5.74, 6) is -1.32.